The molecule has 3 aliphatic rings. The smallest absolute Gasteiger partial charge is 0.291 e. The maximum absolute atomic E-state index is 14.7. The Hall–Kier alpha value is -3.30. The molecular formula is C35H54N8O2. The number of nitrogens with one attached hydrogen (secondary N) is 2. The molecule has 1 saturated heterocycles. The summed E-state index contributed by atoms with van der Waals surface area (Å²) in [4.78, 5) is 37.6. The lowest BCUT2D eigenvalue weighted by atomic mass is 9.69. The Balaban J connectivity index is 1.47. The molecule has 0 unspecified atom stereocenters. The van der Waals surface area contributed by atoms with Gasteiger partial charge >= 0.3 is 0 Å². The molecule has 10 nitrogen and oxygen atoms in total. The van der Waals surface area contributed by atoms with Crippen molar-refractivity contribution in [3.05, 3.63) is 41.2 Å². The average molecular weight is 619 g/mol. The van der Waals surface area contributed by atoms with Crippen molar-refractivity contribution in [2.75, 3.05) is 13.1 Å². The summed E-state index contributed by atoms with van der Waals surface area (Å²) in [6, 6.07) is 7.65. The minimum absolute atomic E-state index is 0.0720. The highest BCUT2D eigenvalue weighted by Gasteiger charge is 2.54. The number of aromatic nitrogens is 4. The van der Waals surface area contributed by atoms with Gasteiger partial charge in [0.15, 0.2) is 11.7 Å². The van der Waals surface area contributed by atoms with Crippen LogP contribution in [0.5, 0.6) is 0 Å². The molecule has 1 atom stereocenters. The fourth-order valence-corrected chi connectivity index (χ4v) is 7.53. The van der Waals surface area contributed by atoms with Crippen LogP contribution < -0.4 is 5.32 Å². The third-order valence-corrected chi connectivity index (χ3v) is 10.2. The molecule has 0 bridgehead atoms. The van der Waals surface area contributed by atoms with Gasteiger partial charge in [0.25, 0.3) is 11.8 Å². The Morgan fingerprint density at radius 2 is 1.76 bits per heavy atom. The Morgan fingerprint density at radius 3 is 2.33 bits per heavy atom. The number of rotatable bonds is 7. The second kappa shape index (κ2) is 12.5. The minimum atomic E-state index is -0.543. The maximum Gasteiger partial charge on any atom is 0.291 e. The van der Waals surface area contributed by atoms with E-state index in [1.165, 1.54) is 0 Å². The number of aliphatic imine (C=N–C) groups is 1. The molecule has 2 fully saturated rings. The highest BCUT2D eigenvalue weighted by molar-refractivity contribution is 6.39. The summed E-state index contributed by atoms with van der Waals surface area (Å²) in [6.45, 7) is 20.3. The maximum atomic E-state index is 14.7. The van der Waals surface area contributed by atoms with E-state index in [0.717, 1.165) is 70.0 Å². The van der Waals surface area contributed by atoms with E-state index >= 15 is 0 Å². The zero-order valence-corrected chi connectivity index (χ0v) is 28.7. The lowest BCUT2D eigenvalue weighted by Gasteiger charge is -2.47. The Bertz CT molecular complexity index is 1360. The molecule has 2 N–H and O–H groups in total. The molecule has 2 aromatic rings. The summed E-state index contributed by atoms with van der Waals surface area (Å²) in [5, 5.41) is 16.6. The standard InChI is InChI=1S/C35H54N8O2/c1-32(2,3)18-16-27(24-10-12-25(13-11-24)30(44)36-22-28-38-40-41-39-28)43-31(45)29(42-21-9-17-34(7,8)23-42)37-35(43)19-14-26(15-20-35)33(4,5)6/h10-13,26-27H,9,14-23H2,1-8H3,(H,36,44)(H,38,39,40,41)/t26?,27-,35?/m1/s1. The molecule has 246 valence electrons. The van der Waals surface area contributed by atoms with Gasteiger partial charge in [-0.2, -0.15) is 5.21 Å². The third kappa shape index (κ3) is 7.58. The molecule has 5 rings (SSSR count). The summed E-state index contributed by atoms with van der Waals surface area (Å²) in [7, 11) is 0. The van der Waals surface area contributed by atoms with Crippen LogP contribution in [0.4, 0.5) is 0 Å². The van der Waals surface area contributed by atoms with Crippen molar-refractivity contribution in [1.82, 2.24) is 35.7 Å². The van der Waals surface area contributed by atoms with Gasteiger partial charge in [-0.25, -0.2) is 4.99 Å². The third-order valence-electron chi connectivity index (χ3n) is 10.2. The van der Waals surface area contributed by atoms with Crippen LogP contribution in [0.3, 0.4) is 0 Å². The van der Waals surface area contributed by atoms with Gasteiger partial charge in [-0.15, -0.1) is 10.2 Å². The van der Waals surface area contributed by atoms with Crippen LogP contribution >= 0.6 is 0 Å². The van der Waals surface area contributed by atoms with Crippen molar-refractivity contribution in [3.8, 4) is 0 Å². The van der Waals surface area contributed by atoms with E-state index in [-0.39, 0.29) is 40.6 Å². The van der Waals surface area contributed by atoms with Crippen molar-refractivity contribution in [2.45, 2.75) is 125 Å². The molecule has 0 radical (unpaired) electrons. The molecule has 2 amide bonds. The van der Waals surface area contributed by atoms with Crippen LogP contribution in [0, 0.1) is 22.2 Å². The molecule has 3 heterocycles. The highest BCUT2D eigenvalue weighted by atomic mass is 16.2. The van der Waals surface area contributed by atoms with E-state index in [0.29, 0.717) is 23.1 Å². The van der Waals surface area contributed by atoms with Crippen molar-refractivity contribution in [2.24, 2.45) is 27.2 Å². The zero-order chi connectivity index (χ0) is 32.6. The van der Waals surface area contributed by atoms with E-state index in [9.17, 15) is 9.59 Å². The number of likely N-dealkylation sites (tertiary alicyclic amines) is 1. The van der Waals surface area contributed by atoms with Crippen LogP contribution in [0.2, 0.25) is 0 Å². The zero-order valence-electron chi connectivity index (χ0n) is 28.7. The molecule has 1 saturated carbocycles. The lowest BCUT2D eigenvalue weighted by molar-refractivity contribution is -0.134. The van der Waals surface area contributed by atoms with E-state index in [1.54, 1.807) is 0 Å². The number of H-pyrrole nitrogens is 1. The molecule has 45 heavy (non-hydrogen) atoms. The molecule has 1 aliphatic carbocycles. The van der Waals surface area contributed by atoms with Crippen LogP contribution in [0.15, 0.2) is 29.3 Å². The van der Waals surface area contributed by atoms with Crippen molar-refractivity contribution in [1.29, 1.82) is 0 Å². The Labute approximate surface area is 269 Å². The normalized spacial score (nSPS) is 24.6. The van der Waals surface area contributed by atoms with E-state index in [2.05, 4.69) is 91.1 Å². The largest absolute Gasteiger partial charge is 0.352 e. The molecule has 10 heteroatoms. The summed E-state index contributed by atoms with van der Waals surface area (Å²) in [5.74, 6) is 1.56. The van der Waals surface area contributed by atoms with Gasteiger partial charge < -0.3 is 15.1 Å². The van der Waals surface area contributed by atoms with Crippen LogP contribution in [0.25, 0.3) is 0 Å². The summed E-state index contributed by atoms with van der Waals surface area (Å²) >= 11 is 0. The first-order valence-electron chi connectivity index (χ1n) is 16.9. The molecule has 2 aliphatic heterocycles. The van der Waals surface area contributed by atoms with Gasteiger partial charge in [0, 0.05) is 18.7 Å². The fourth-order valence-electron chi connectivity index (χ4n) is 7.53. The lowest BCUT2D eigenvalue weighted by Crippen LogP contribution is -2.53. The van der Waals surface area contributed by atoms with Gasteiger partial charge in [0.1, 0.15) is 5.66 Å². The van der Waals surface area contributed by atoms with Gasteiger partial charge in [-0.05, 0) is 91.2 Å². The van der Waals surface area contributed by atoms with Crippen molar-refractivity contribution < 1.29 is 9.59 Å². The number of amidine groups is 1. The topological polar surface area (TPSA) is 119 Å². The number of hydrogen-bond donors (Lipinski definition) is 2. The second-order valence-corrected chi connectivity index (χ2v) is 16.7. The highest BCUT2D eigenvalue weighted by Crippen LogP contribution is 2.50. The predicted octanol–water partition coefficient (Wildman–Crippen LogP) is 6.29. The van der Waals surface area contributed by atoms with E-state index < -0.39 is 5.66 Å². The van der Waals surface area contributed by atoms with Gasteiger partial charge in [0.05, 0.1) is 12.6 Å². The Kier molecular flexibility index (Phi) is 9.17. The predicted molar refractivity (Wildman–Crippen MR) is 176 cm³/mol. The quantitative estimate of drug-likeness (QED) is 0.376. The number of hydrogen-bond acceptors (Lipinski definition) is 7. The summed E-state index contributed by atoms with van der Waals surface area (Å²) in [5.41, 5.74) is 1.54. The van der Waals surface area contributed by atoms with E-state index in [4.69, 9.17) is 4.99 Å². The van der Waals surface area contributed by atoms with Crippen LogP contribution in [0.1, 0.15) is 135 Å². The minimum Gasteiger partial charge on any atom is -0.352 e. The Morgan fingerprint density at radius 1 is 1.07 bits per heavy atom. The first-order chi connectivity index (χ1) is 21.1. The number of nitrogens with zero attached hydrogens (tertiary/aromatic N) is 6. The number of benzene rings is 1. The summed E-state index contributed by atoms with van der Waals surface area (Å²) < 4.78 is 0. The average Bonchev–Trinajstić information content (AvgIpc) is 3.58. The van der Waals surface area contributed by atoms with Crippen molar-refractivity contribution in [3.63, 3.8) is 0 Å². The molecule has 1 aromatic heterocycles. The SMILES string of the molecule is CC(C)(C)CC[C@H](c1ccc(C(=O)NCc2nn[nH]n2)cc1)N1C(=O)C(N2CCCC(C)(C)C2)=NC12CCC(C(C)(C)C)CC2. The first kappa shape index (κ1) is 33.1. The number of tetrazole rings is 1. The number of amides is 2. The van der Waals surface area contributed by atoms with Crippen LogP contribution in [-0.2, 0) is 11.3 Å². The molecular weight excluding hydrogens is 564 g/mol. The van der Waals surface area contributed by atoms with E-state index in [1.807, 2.05) is 24.3 Å². The monoisotopic (exact) mass is 618 g/mol. The van der Waals surface area contributed by atoms with Gasteiger partial charge in [-0.3, -0.25) is 9.59 Å². The van der Waals surface area contributed by atoms with Gasteiger partial charge in [-0.1, -0.05) is 72.7 Å². The number of aromatic amines is 1. The van der Waals surface area contributed by atoms with Crippen molar-refractivity contribution >= 4 is 17.6 Å². The number of piperidine rings is 1. The summed E-state index contributed by atoms with van der Waals surface area (Å²) in [6.07, 6.45) is 7.90. The molecule has 1 spiro atoms. The number of carbonyl (C=O) groups is 2. The second-order valence-electron chi connectivity index (χ2n) is 16.7. The van der Waals surface area contributed by atoms with Gasteiger partial charge in [0.2, 0.25) is 0 Å². The fraction of sp³-hybridized carbons (Fsp3) is 0.714. The first-order valence-corrected chi connectivity index (χ1v) is 16.9. The number of carbonyl (C=O) groups excluding carboxylic acids is 2. The molecule has 1 aromatic carbocycles. The van der Waals surface area contributed by atoms with Crippen LogP contribution in [-0.4, -0.2) is 66.8 Å².